The Morgan fingerprint density at radius 3 is 2.50 bits per heavy atom. The maximum absolute atomic E-state index is 3.89. The van der Waals surface area contributed by atoms with Crippen LogP contribution in [0, 0.1) is 5.92 Å². The van der Waals surface area contributed by atoms with E-state index in [9.17, 15) is 0 Å². The van der Waals surface area contributed by atoms with Gasteiger partial charge >= 0.3 is 0 Å². The van der Waals surface area contributed by atoms with Crippen LogP contribution in [-0.2, 0) is 0 Å². The molecule has 0 spiro atoms. The highest BCUT2D eigenvalue weighted by Crippen LogP contribution is 2.30. The molecule has 1 aromatic carbocycles. The largest absolute Gasteiger partial charge is 0.307 e. The van der Waals surface area contributed by atoms with Gasteiger partial charge in [-0.25, -0.2) is 4.68 Å². The highest BCUT2D eigenvalue weighted by Gasteiger charge is 2.24. The summed E-state index contributed by atoms with van der Waals surface area (Å²) in [4.78, 5) is 0. The van der Waals surface area contributed by atoms with Crippen molar-refractivity contribution < 1.29 is 0 Å². The summed E-state index contributed by atoms with van der Waals surface area (Å²) in [6.07, 6.45) is 5.75. The average molecular weight is 271 g/mol. The molecule has 1 aromatic heterocycles. The van der Waals surface area contributed by atoms with Crippen LogP contribution in [0.4, 0.5) is 0 Å². The summed E-state index contributed by atoms with van der Waals surface area (Å²) in [6.45, 7) is 4.52. The number of hydrogen-bond acceptors (Lipinski definition) is 4. The van der Waals surface area contributed by atoms with Crippen LogP contribution >= 0.6 is 0 Å². The third kappa shape index (κ3) is 2.72. The summed E-state index contributed by atoms with van der Waals surface area (Å²) in [7, 11) is 0. The second kappa shape index (κ2) is 5.71. The molecule has 2 atom stereocenters. The molecule has 1 aliphatic carbocycles. The van der Waals surface area contributed by atoms with Crippen molar-refractivity contribution in [3.63, 3.8) is 0 Å². The van der Waals surface area contributed by atoms with E-state index in [0.717, 1.165) is 11.6 Å². The number of aromatic nitrogens is 4. The molecule has 20 heavy (non-hydrogen) atoms. The molecule has 0 bridgehead atoms. The van der Waals surface area contributed by atoms with Crippen LogP contribution in [0.15, 0.2) is 30.6 Å². The minimum absolute atomic E-state index is 0.369. The summed E-state index contributed by atoms with van der Waals surface area (Å²) in [5.74, 6) is 0.859. The Bertz CT molecular complexity index is 530. The van der Waals surface area contributed by atoms with Gasteiger partial charge in [-0.05, 0) is 60.7 Å². The zero-order valence-corrected chi connectivity index (χ0v) is 12.0. The molecule has 1 heterocycles. The monoisotopic (exact) mass is 271 g/mol. The molecule has 1 fully saturated rings. The van der Waals surface area contributed by atoms with Crippen molar-refractivity contribution in [3.8, 4) is 5.69 Å². The summed E-state index contributed by atoms with van der Waals surface area (Å²) in [6, 6.07) is 9.35. The first-order valence-electron chi connectivity index (χ1n) is 7.33. The Kier molecular flexibility index (Phi) is 3.78. The molecule has 1 aliphatic rings. The Morgan fingerprint density at radius 1 is 1.20 bits per heavy atom. The molecule has 0 amide bonds. The van der Waals surface area contributed by atoms with Gasteiger partial charge in [0.15, 0.2) is 0 Å². The van der Waals surface area contributed by atoms with Gasteiger partial charge in [0.25, 0.3) is 0 Å². The first-order valence-corrected chi connectivity index (χ1v) is 7.33. The SMILES string of the molecule is C[C@H](N[C@@H](C)C1CCC1)c1ccc(-n2cnnn2)cc1. The van der Waals surface area contributed by atoms with E-state index in [1.165, 1.54) is 24.8 Å². The van der Waals surface area contributed by atoms with E-state index in [1.54, 1.807) is 11.0 Å². The molecule has 0 saturated heterocycles. The zero-order chi connectivity index (χ0) is 13.9. The Morgan fingerprint density at radius 2 is 1.95 bits per heavy atom. The number of nitrogens with one attached hydrogen (secondary N) is 1. The summed E-state index contributed by atoms with van der Waals surface area (Å²) in [5, 5.41) is 14.9. The third-order valence-electron chi connectivity index (χ3n) is 4.38. The van der Waals surface area contributed by atoms with Crippen molar-refractivity contribution in [1.82, 2.24) is 25.5 Å². The molecule has 5 heteroatoms. The standard InChI is InChI=1S/C15H21N5/c1-11(13-4-3-5-13)17-12(2)14-6-8-15(9-7-14)20-10-16-18-19-20/h6-13,17H,3-5H2,1-2H3/t11-,12-/m0/s1. The molecule has 2 aromatic rings. The fourth-order valence-electron chi connectivity index (χ4n) is 2.76. The van der Waals surface area contributed by atoms with Crippen molar-refractivity contribution in [2.45, 2.75) is 45.2 Å². The van der Waals surface area contributed by atoms with E-state index >= 15 is 0 Å². The predicted molar refractivity (Wildman–Crippen MR) is 77.5 cm³/mol. The number of tetrazole rings is 1. The van der Waals surface area contributed by atoms with Crippen LogP contribution in [0.3, 0.4) is 0 Å². The predicted octanol–water partition coefficient (Wildman–Crippen LogP) is 2.50. The van der Waals surface area contributed by atoms with Crippen molar-refractivity contribution in [1.29, 1.82) is 0 Å². The lowest BCUT2D eigenvalue weighted by Gasteiger charge is -2.34. The zero-order valence-electron chi connectivity index (χ0n) is 12.0. The highest BCUT2D eigenvalue weighted by molar-refractivity contribution is 5.34. The van der Waals surface area contributed by atoms with Crippen LogP contribution in [-0.4, -0.2) is 26.2 Å². The topological polar surface area (TPSA) is 55.6 Å². The maximum atomic E-state index is 3.89. The van der Waals surface area contributed by atoms with Gasteiger partial charge in [0.1, 0.15) is 6.33 Å². The number of rotatable bonds is 5. The van der Waals surface area contributed by atoms with Crippen LogP contribution in [0.5, 0.6) is 0 Å². The minimum Gasteiger partial charge on any atom is -0.307 e. The lowest BCUT2D eigenvalue weighted by atomic mass is 9.80. The molecule has 0 radical (unpaired) electrons. The number of benzene rings is 1. The van der Waals surface area contributed by atoms with Gasteiger partial charge in [-0.3, -0.25) is 0 Å². The van der Waals surface area contributed by atoms with Crippen molar-refractivity contribution in [3.05, 3.63) is 36.2 Å². The van der Waals surface area contributed by atoms with Crippen LogP contribution < -0.4 is 5.32 Å². The van der Waals surface area contributed by atoms with Crippen molar-refractivity contribution in [2.24, 2.45) is 5.92 Å². The van der Waals surface area contributed by atoms with E-state index in [4.69, 9.17) is 0 Å². The third-order valence-corrected chi connectivity index (χ3v) is 4.38. The number of nitrogens with zero attached hydrogens (tertiary/aromatic N) is 4. The minimum atomic E-state index is 0.369. The lowest BCUT2D eigenvalue weighted by Crippen LogP contribution is -2.38. The molecule has 5 nitrogen and oxygen atoms in total. The van der Waals surface area contributed by atoms with Crippen LogP contribution in [0.25, 0.3) is 5.69 Å². The first kappa shape index (κ1) is 13.2. The van der Waals surface area contributed by atoms with Crippen LogP contribution in [0.1, 0.15) is 44.7 Å². The van der Waals surface area contributed by atoms with Gasteiger partial charge in [0.05, 0.1) is 5.69 Å². The van der Waals surface area contributed by atoms with E-state index < -0.39 is 0 Å². The molecule has 1 N–H and O–H groups in total. The molecular formula is C15H21N5. The molecule has 0 aliphatic heterocycles. The molecule has 1 saturated carbocycles. The Balaban J connectivity index is 1.64. The van der Waals surface area contributed by atoms with Gasteiger partial charge in [0, 0.05) is 12.1 Å². The Hall–Kier alpha value is -1.75. The van der Waals surface area contributed by atoms with E-state index in [1.807, 2.05) is 0 Å². The normalized spacial score (nSPS) is 18.5. The maximum Gasteiger partial charge on any atom is 0.143 e. The average Bonchev–Trinajstić information content (AvgIpc) is 2.90. The number of hydrogen-bond donors (Lipinski definition) is 1. The van der Waals surface area contributed by atoms with E-state index in [2.05, 4.69) is 59.0 Å². The quantitative estimate of drug-likeness (QED) is 0.907. The van der Waals surface area contributed by atoms with E-state index in [-0.39, 0.29) is 0 Å². The Labute approximate surface area is 119 Å². The van der Waals surface area contributed by atoms with Gasteiger partial charge in [-0.2, -0.15) is 0 Å². The van der Waals surface area contributed by atoms with Crippen LogP contribution in [0.2, 0.25) is 0 Å². The fraction of sp³-hybridized carbons (Fsp3) is 0.533. The summed E-state index contributed by atoms with van der Waals surface area (Å²) in [5.41, 5.74) is 2.28. The van der Waals surface area contributed by atoms with Gasteiger partial charge < -0.3 is 5.32 Å². The van der Waals surface area contributed by atoms with Gasteiger partial charge in [0.2, 0.25) is 0 Å². The van der Waals surface area contributed by atoms with Crippen molar-refractivity contribution in [2.75, 3.05) is 0 Å². The smallest absolute Gasteiger partial charge is 0.143 e. The van der Waals surface area contributed by atoms with Gasteiger partial charge in [-0.15, -0.1) is 5.10 Å². The fourth-order valence-corrected chi connectivity index (χ4v) is 2.76. The molecule has 0 unspecified atom stereocenters. The lowest BCUT2D eigenvalue weighted by molar-refractivity contribution is 0.230. The summed E-state index contributed by atoms with van der Waals surface area (Å²) < 4.78 is 1.67. The molecular weight excluding hydrogens is 250 g/mol. The second-order valence-electron chi connectivity index (χ2n) is 5.71. The van der Waals surface area contributed by atoms with Crippen molar-refractivity contribution >= 4 is 0 Å². The molecule has 106 valence electrons. The highest BCUT2D eigenvalue weighted by atomic mass is 15.5. The first-order chi connectivity index (χ1) is 9.74. The second-order valence-corrected chi connectivity index (χ2v) is 5.71. The summed E-state index contributed by atoms with van der Waals surface area (Å²) >= 11 is 0. The van der Waals surface area contributed by atoms with E-state index in [0.29, 0.717) is 12.1 Å². The van der Waals surface area contributed by atoms with Gasteiger partial charge in [-0.1, -0.05) is 18.6 Å². The molecule has 3 rings (SSSR count).